The molecule has 44 heavy (non-hydrogen) atoms. The van der Waals surface area contributed by atoms with E-state index in [9.17, 15) is 14.4 Å². The van der Waals surface area contributed by atoms with Crippen molar-refractivity contribution in [3.8, 4) is 17.1 Å². The van der Waals surface area contributed by atoms with Crippen LogP contribution in [0.15, 0.2) is 49.2 Å². The van der Waals surface area contributed by atoms with Crippen molar-refractivity contribution in [1.29, 1.82) is 0 Å². The first-order valence-corrected chi connectivity index (χ1v) is 14.5. The zero-order valence-corrected chi connectivity index (χ0v) is 25.1. The Hall–Kier alpha value is -5.13. The number of aryl methyl sites for hydroxylation is 1. The largest absolute Gasteiger partial charge is 0.478 e. The highest BCUT2D eigenvalue weighted by Crippen LogP contribution is 2.44. The molecule has 4 aromatic rings. The fraction of sp³-hybridized carbons (Fsp3) is 0.344. The van der Waals surface area contributed by atoms with E-state index in [2.05, 4.69) is 35.1 Å². The highest BCUT2D eigenvalue weighted by Gasteiger charge is 2.32. The van der Waals surface area contributed by atoms with Gasteiger partial charge in [-0.15, -0.1) is 0 Å². The van der Waals surface area contributed by atoms with Gasteiger partial charge in [0.15, 0.2) is 5.82 Å². The molecule has 0 atom stereocenters. The summed E-state index contributed by atoms with van der Waals surface area (Å²) in [6.07, 6.45) is 13.2. The standard InChI is InChI=1S/C32H35N7O5/c1-5-44-30-23(12-13-26(40)41)35-17-25(36-30)37-31(43)32(2,3)38-29(42)20-10-11-22-24(14-20)39(4)28(21-15-33-18-34-16-21)27(22)19-8-6-7-9-19/h10-19H,5-9H2,1-4H3,(H,38,42)(H,40,41)(H,36,37,43)/b13-12+. The van der Waals surface area contributed by atoms with Gasteiger partial charge in [0.1, 0.15) is 17.6 Å². The molecule has 3 aromatic heterocycles. The minimum atomic E-state index is -1.32. The van der Waals surface area contributed by atoms with Gasteiger partial charge >= 0.3 is 5.97 Å². The molecule has 0 spiro atoms. The normalized spacial score (nSPS) is 13.8. The second kappa shape index (κ2) is 12.6. The summed E-state index contributed by atoms with van der Waals surface area (Å²) < 4.78 is 7.56. The van der Waals surface area contributed by atoms with Gasteiger partial charge in [0.2, 0.25) is 5.88 Å². The maximum Gasteiger partial charge on any atom is 0.328 e. The number of aromatic nitrogens is 5. The Labute approximate surface area is 254 Å². The lowest BCUT2D eigenvalue weighted by atomic mass is 9.92. The number of fused-ring (bicyclic) bond motifs is 1. The summed E-state index contributed by atoms with van der Waals surface area (Å²) in [6, 6.07) is 5.63. The molecule has 0 saturated heterocycles. The van der Waals surface area contributed by atoms with Gasteiger partial charge in [-0.25, -0.2) is 19.7 Å². The van der Waals surface area contributed by atoms with E-state index >= 15 is 0 Å². The second-order valence-corrected chi connectivity index (χ2v) is 11.2. The predicted molar refractivity (Wildman–Crippen MR) is 165 cm³/mol. The highest BCUT2D eigenvalue weighted by atomic mass is 16.5. The van der Waals surface area contributed by atoms with Crippen LogP contribution < -0.4 is 15.4 Å². The number of nitrogens with one attached hydrogen (secondary N) is 2. The Morgan fingerprint density at radius 1 is 1.14 bits per heavy atom. The van der Waals surface area contributed by atoms with Crippen molar-refractivity contribution in [2.75, 3.05) is 11.9 Å². The van der Waals surface area contributed by atoms with E-state index in [-0.39, 0.29) is 24.0 Å². The number of carboxylic acids is 1. The quantitative estimate of drug-likeness (QED) is 0.220. The van der Waals surface area contributed by atoms with Crippen LogP contribution in [0.4, 0.5) is 5.82 Å². The van der Waals surface area contributed by atoms with Crippen LogP contribution in [0.2, 0.25) is 0 Å². The molecule has 1 aromatic carbocycles. The molecule has 12 heteroatoms. The van der Waals surface area contributed by atoms with Gasteiger partial charge in [-0.3, -0.25) is 9.59 Å². The molecule has 228 valence electrons. The molecule has 5 rings (SSSR count). The van der Waals surface area contributed by atoms with Gasteiger partial charge in [-0.1, -0.05) is 18.9 Å². The van der Waals surface area contributed by atoms with Crippen molar-refractivity contribution in [3.05, 3.63) is 66.0 Å². The maximum absolute atomic E-state index is 13.5. The molecule has 2 amide bonds. The molecule has 1 aliphatic rings. The Kier molecular flexibility index (Phi) is 8.70. The van der Waals surface area contributed by atoms with Gasteiger partial charge in [0.25, 0.3) is 11.8 Å². The minimum Gasteiger partial charge on any atom is -0.478 e. The Morgan fingerprint density at radius 3 is 2.55 bits per heavy atom. The van der Waals surface area contributed by atoms with E-state index in [0.717, 1.165) is 41.1 Å². The van der Waals surface area contributed by atoms with Crippen molar-refractivity contribution in [1.82, 2.24) is 29.8 Å². The third-order valence-electron chi connectivity index (χ3n) is 7.77. The van der Waals surface area contributed by atoms with Crippen LogP contribution in [-0.4, -0.2) is 59.5 Å². The smallest absolute Gasteiger partial charge is 0.328 e. The minimum absolute atomic E-state index is 0.0684. The zero-order valence-electron chi connectivity index (χ0n) is 25.1. The van der Waals surface area contributed by atoms with E-state index in [1.807, 2.05) is 31.6 Å². The van der Waals surface area contributed by atoms with E-state index in [1.54, 1.807) is 26.8 Å². The van der Waals surface area contributed by atoms with Gasteiger partial charge in [-0.05, 0) is 63.3 Å². The summed E-state index contributed by atoms with van der Waals surface area (Å²) in [7, 11) is 1.99. The zero-order chi connectivity index (χ0) is 31.4. The fourth-order valence-electron chi connectivity index (χ4n) is 5.64. The number of nitrogens with zero attached hydrogens (tertiary/aromatic N) is 5. The molecule has 3 N–H and O–H groups in total. The maximum atomic E-state index is 13.5. The molecule has 0 unspecified atom stereocenters. The first-order valence-electron chi connectivity index (χ1n) is 14.5. The Bertz CT molecular complexity index is 1740. The highest BCUT2D eigenvalue weighted by molar-refractivity contribution is 6.05. The molecule has 3 heterocycles. The predicted octanol–water partition coefficient (Wildman–Crippen LogP) is 4.73. The molecule has 1 saturated carbocycles. The van der Waals surface area contributed by atoms with Crippen LogP contribution in [0.5, 0.6) is 5.88 Å². The summed E-state index contributed by atoms with van der Waals surface area (Å²) in [5.74, 6) is -1.49. The van der Waals surface area contributed by atoms with Crippen LogP contribution in [0, 0.1) is 0 Å². The molecular formula is C32H35N7O5. The summed E-state index contributed by atoms with van der Waals surface area (Å²) in [5, 5.41) is 15.5. The summed E-state index contributed by atoms with van der Waals surface area (Å²) in [5.41, 5.74) is 3.46. The van der Waals surface area contributed by atoms with Crippen LogP contribution in [0.3, 0.4) is 0 Å². The Morgan fingerprint density at radius 2 is 1.86 bits per heavy atom. The fourth-order valence-corrected chi connectivity index (χ4v) is 5.64. The average molecular weight is 598 g/mol. The molecular weight excluding hydrogens is 562 g/mol. The number of hydrogen-bond donors (Lipinski definition) is 3. The number of benzene rings is 1. The summed E-state index contributed by atoms with van der Waals surface area (Å²) >= 11 is 0. The second-order valence-electron chi connectivity index (χ2n) is 11.2. The number of anilines is 1. The number of rotatable bonds is 10. The Balaban J connectivity index is 1.38. The lowest BCUT2D eigenvalue weighted by Crippen LogP contribution is -2.52. The van der Waals surface area contributed by atoms with Crippen LogP contribution >= 0.6 is 0 Å². The third-order valence-corrected chi connectivity index (χ3v) is 7.77. The SMILES string of the molecule is CCOc1nc(NC(=O)C(C)(C)NC(=O)c2ccc3c(C4CCCC4)c(-c4cncnc4)n(C)c3c2)cnc1/C=C/C(=O)O. The number of amides is 2. The molecule has 0 radical (unpaired) electrons. The lowest BCUT2D eigenvalue weighted by Gasteiger charge is -2.25. The average Bonchev–Trinajstić information content (AvgIpc) is 3.63. The monoisotopic (exact) mass is 597 g/mol. The van der Waals surface area contributed by atoms with Gasteiger partial charge in [0.05, 0.1) is 18.5 Å². The van der Waals surface area contributed by atoms with Crippen molar-refractivity contribution < 1.29 is 24.2 Å². The third kappa shape index (κ3) is 6.29. The van der Waals surface area contributed by atoms with E-state index in [1.165, 1.54) is 37.0 Å². The molecule has 1 fully saturated rings. The molecule has 12 nitrogen and oxygen atoms in total. The lowest BCUT2D eigenvalue weighted by molar-refractivity contribution is -0.131. The molecule has 0 bridgehead atoms. The van der Waals surface area contributed by atoms with Crippen molar-refractivity contribution in [2.45, 2.75) is 57.9 Å². The van der Waals surface area contributed by atoms with Crippen molar-refractivity contribution in [3.63, 3.8) is 0 Å². The van der Waals surface area contributed by atoms with Gasteiger partial charge < -0.3 is 25.0 Å². The van der Waals surface area contributed by atoms with Crippen molar-refractivity contribution in [2.24, 2.45) is 7.05 Å². The van der Waals surface area contributed by atoms with Crippen molar-refractivity contribution >= 4 is 40.6 Å². The van der Waals surface area contributed by atoms with E-state index < -0.39 is 23.3 Å². The number of carboxylic acid groups (broad SMARTS) is 1. The summed E-state index contributed by atoms with van der Waals surface area (Å²) in [4.78, 5) is 54.5. The molecule has 1 aliphatic carbocycles. The van der Waals surface area contributed by atoms with E-state index in [0.29, 0.717) is 11.5 Å². The van der Waals surface area contributed by atoms with E-state index in [4.69, 9.17) is 9.84 Å². The first-order chi connectivity index (χ1) is 21.1. The molecule has 0 aliphatic heterocycles. The van der Waals surface area contributed by atoms with Crippen LogP contribution in [0.25, 0.3) is 28.2 Å². The van der Waals surface area contributed by atoms with Gasteiger partial charge in [0, 0.05) is 47.5 Å². The number of hydrogen-bond acceptors (Lipinski definition) is 8. The van der Waals surface area contributed by atoms with Gasteiger partial charge in [-0.2, -0.15) is 4.98 Å². The first kappa shape index (κ1) is 30.3. The summed E-state index contributed by atoms with van der Waals surface area (Å²) in [6.45, 7) is 5.19. The number of ether oxygens (including phenoxy) is 1. The van der Waals surface area contributed by atoms with Crippen LogP contribution in [0.1, 0.15) is 74.0 Å². The number of aliphatic carboxylic acids is 1. The van der Waals surface area contributed by atoms with Crippen LogP contribution in [-0.2, 0) is 16.6 Å². The number of carbonyl (C=O) groups is 3. The number of carbonyl (C=O) groups excluding carboxylic acids is 2. The topological polar surface area (TPSA) is 161 Å².